The van der Waals surface area contributed by atoms with Crippen molar-refractivity contribution in [1.82, 2.24) is 9.80 Å². The number of aliphatic hydroxyl groups excluding tert-OH is 2. The number of halogens is 2. The Bertz CT molecular complexity index is 1520. The molecule has 18 nitrogen and oxygen atoms in total. The normalized spacial score (nSPS) is 27.7. The average molecular weight is 731 g/mol. The summed E-state index contributed by atoms with van der Waals surface area (Å²) in [5.74, 6) is -7.36. The van der Waals surface area contributed by atoms with Gasteiger partial charge in [0, 0.05) is 37.6 Å². The van der Waals surface area contributed by atoms with Crippen LogP contribution in [0.25, 0.3) is 0 Å². The highest BCUT2D eigenvalue weighted by molar-refractivity contribution is 6.02. The van der Waals surface area contributed by atoms with Crippen molar-refractivity contribution >= 4 is 29.6 Å². The highest BCUT2D eigenvalue weighted by Crippen LogP contribution is 2.34. The summed E-state index contributed by atoms with van der Waals surface area (Å²) in [6, 6.07) is 2.66. The summed E-state index contributed by atoms with van der Waals surface area (Å²) in [7, 11) is 1.18. The highest BCUT2D eigenvalue weighted by atomic mass is 19.2. The summed E-state index contributed by atoms with van der Waals surface area (Å²) in [6.07, 6.45) is -11.9. The van der Waals surface area contributed by atoms with E-state index in [4.69, 9.17) is 38.9 Å². The molecule has 0 saturated carbocycles. The number of hydrogen-bond donors (Lipinski definition) is 5. The van der Waals surface area contributed by atoms with Crippen LogP contribution in [0.1, 0.15) is 34.1 Å². The van der Waals surface area contributed by atoms with Crippen LogP contribution >= 0.6 is 0 Å². The first-order valence-electron chi connectivity index (χ1n) is 15.6. The Morgan fingerprint density at radius 2 is 1.90 bits per heavy atom. The molecule has 3 amide bonds. The number of hydrogen-bond acceptors (Lipinski definition) is 15. The van der Waals surface area contributed by atoms with Crippen molar-refractivity contribution in [1.29, 1.82) is 0 Å². The summed E-state index contributed by atoms with van der Waals surface area (Å²) < 4.78 is 65.6. The van der Waals surface area contributed by atoms with Gasteiger partial charge < -0.3 is 64.4 Å². The number of anilines is 1. The zero-order valence-electron chi connectivity index (χ0n) is 28.1. The number of nitrogens with zero attached hydrogens (tertiary/aromatic N) is 2. The number of nitrogens with one attached hydrogen (secondary N) is 1. The minimum absolute atomic E-state index is 0.0162. The highest BCUT2D eigenvalue weighted by Gasteiger charge is 2.55. The molecule has 4 rings (SSSR count). The molecule has 20 heteroatoms. The van der Waals surface area contributed by atoms with E-state index in [0.717, 1.165) is 40.3 Å². The molecule has 0 radical (unpaired) electrons. The van der Waals surface area contributed by atoms with E-state index < -0.39 is 96.9 Å². The van der Waals surface area contributed by atoms with Gasteiger partial charge in [-0.2, -0.15) is 0 Å². The summed E-state index contributed by atoms with van der Waals surface area (Å²) >= 11 is 0. The lowest BCUT2D eigenvalue weighted by Gasteiger charge is -2.43. The zero-order chi connectivity index (χ0) is 37.8. The number of benzene rings is 1. The van der Waals surface area contributed by atoms with E-state index >= 15 is 0 Å². The van der Waals surface area contributed by atoms with E-state index in [-0.39, 0.29) is 24.5 Å². The number of carbonyl (C=O) groups is 4. The smallest absolute Gasteiger partial charge is 0.457 e. The third kappa shape index (κ3) is 9.27. The number of methoxy groups -OCH3 is 1. The maximum atomic E-state index is 13.7. The van der Waals surface area contributed by atoms with Crippen LogP contribution in [-0.4, -0.2) is 124 Å². The van der Waals surface area contributed by atoms with Crippen LogP contribution in [0.3, 0.4) is 0 Å². The van der Waals surface area contributed by atoms with Gasteiger partial charge in [0.25, 0.3) is 11.8 Å². The van der Waals surface area contributed by atoms with E-state index in [1.165, 1.54) is 40.9 Å². The molecule has 9 atom stereocenters. The number of nitrogens with two attached hydrogens (primary N) is 1. The van der Waals surface area contributed by atoms with Gasteiger partial charge >= 0.3 is 6.16 Å². The first-order valence-corrected chi connectivity index (χ1v) is 15.6. The van der Waals surface area contributed by atoms with Crippen LogP contribution in [-0.2, 0) is 47.5 Å². The van der Waals surface area contributed by atoms with Crippen molar-refractivity contribution in [3.05, 3.63) is 53.9 Å². The van der Waals surface area contributed by atoms with E-state index in [0.29, 0.717) is 0 Å². The standard InChI is InChI=1S/C31H40F2N4O14/c1-6-46-30(43)47-14(2)37-20(38)11-12-36(29(37)42)27-21(39)22(45-5)23(49-27)24(25(34)40)50-28-19(51-31(3,4)44)10-9-18(48-28)26(41)35-15-7-8-16(32)17(33)13-15/h7-9,11-14,19,21-24,27-29,39,42,44H,6,10H2,1-5H3,(H2,34,40)(H,35,41)/t14?,19-,21+,22-,23-,24+,27+,28+,29?/m0/s1. The minimum Gasteiger partial charge on any atom is -0.457 e. The summed E-state index contributed by atoms with van der Waals surface area (Å²) in [5.41, 5.74) is 5.61. The molecular weight excluding hydrogens is 690 g/mol. The molecule has 0 aromatic heterocycles. The van der Waals surface area contributed by atoms with Gasteiger partial charge in [0.05, 0.1) is 6.61 Å². The average Bonchev–Trinajstić information content (AvgIpc) is 3.36. The Balaban J connectivity index is 1.57. The third-order valence-electron chi connectivity index (χ3n) is 7.68. The fraction of sp³-hybridized carbons (Fsp3) is 0.548. The van der Waals surface area contributed by atoms with Crippen LogP contribution in [0.5, 0.6) is 0 Å². The molecule has 0 bridgehead atoms. The molecule has 282 valence electrons. The molecule has 3 heterocycles. The van der Waals surface area contributed by atoms with Crippen LogP contribution in [0.15, 0.2) is 42.3 Å². The van der Waals surface area contributed by atoms with Crippen molar-refractivity contribution in [3.63, 3.8) is 0 Å². The third-order valence-corrected chi connectivity index (χ3v) is 7.68. The van der Waals surface area contributed by atoms with Crippen LogP contribution in [0.4, 0.5) is 19.3 Å². The molecule has 0 aliphatic carbocycles. The maximum Gasteiger partial charge on any atom is 0.510 e. The minimum atomic E-state index is -1.89. The van der Waals surface area contributed by atoms with E-state index in [9.17, 15) is 43.3 Å². The number of aliphatic hydroxyl groups is 3. The maximum absolute atomic E-state index is 13.7. The zero-order valence-corrected chi connectivity index (χ0v) is 28.1. The van der Waals surface area contributed by atoms with Gasteiger partial charge in [-0.3, -0.25) is 19.3 Å². The Morgan fingerprint density at radius 3 is 2.51 bits per heavy atom. The van der Waals surface area contributed by atoms with E-state index in [1.807, 2.05) is 0 Å². The fourth-order valence-electron chi connectivity index (χ4n) is 5.48. The second kappa shape index (κ2) is 16.3. The molecule has 1 fully saturated rings. The number of amides is 3. The Labute approximate surface area is 290 Å². The van der Waals surface area contributed by atoms with Gasteiger partial charge in [-0.25, -0.2) is 13.6 Å². The summed E-state index contributed by atoms with van der Waals surface area (Å²) in [4.78, 5) is 52.2. The Hall–Kier alpha value is -4.44. The SMILES string of the molecule is CCOC(=O)OC(C)N1C(=O)C=CN([C@@H]2O[C@H]([C@@H](O[C@H]3OC(C(=O)Nc4ccc(F)c(F)c4)=CC[C@@H]3OC(C)(C)O)C(N)=O)[C@@H](OC)[C@H]2O)C1O. The van der Waals surface area contributed by atoms with Crippen LogP contribution in [0.2, 0.25) is 0 Å². The predicted molar refractivity (Wildman–Crippen MR) is 165 cm³/mol. The first kappa shape index (κ1) is 39.3. The topological polar surface area (TPSA) is 238 Å². The molecule has 51 heavy (non-hydrogen) atoms. The van der Waals surface area contributed by atoms with E-state index in [1.54, 1.807) is 0 Å². The van der Waals surface area contributed by atoms with Crippen LogP contribution in [0, 0.1) is 11.6 Å². The Kier molecular flexibility index (Phi) is 12.6. The van der Waals surface area contributed by atoms with Crippen molar-refractivity contribution in [2.45, 2.75) is 95.5 Å². The van der Waals surface area contributed by atoms with Gasteiger partial charge in [-0.15, -0.1) is 0 Å². The quantitative estimate of drug-likeness (QED) is 0.133. The van der Waals surface area contributed by atoms with Crippen LogP contribution < -0.4 is 11.1 Å². The summed E-state index contributed by atoms with van der Waals surface area (Å²) in [6.45, 7) is 5.41. The number of ether oxygens (including phenoxy) is 7. The van der Waals surface area contributed by atoms with E-state index in [2.05, 4.69) is 5.32 Å². The van der Waals surface area contributed by atoms with Gasteiger partial charge in [-0.05, 0) is 45.9 Å². The van der Waals surface area contributed by atoms with Crippen molar-refractivity contribution in [3.8, 4) is 0 Å². The molecule has 0 spiro atoms. The van der Waals surface area contributed by atoms with Crippen molar-refractivity contribution in [2.75, 3.05) is 19.0 Å². The molecule has 3 aliphatic heterocycles. The summed E-state index contributed by atoms with van der Waals surface area (Å²) in [5, 5.41) is 35.1. The molecule has 2 unspecified atom stereocenters. The number of rotatable bonds is 13. The molecule has 3 aliphatic rings. The molecule has 1 aromatic carbocycles. The van der Waals surface area contributed by atoms with Gasteiger partial charge in [-0.1, -0.05) is 0 Å². The molecular formula is C31H40F2N4O14. The predicted octanol–water partition coefficient (Wildman–Crippen LogP) is 0.0714. The molecule has 1 saturated heterocycles. The monoisotopic (exact) mass is 730 g/mol. The van der Waals surface area contributed by atoms with Crippen molar-refractivity contribution < 1.29 is 76.4 Å². The van der Waals surface area contributed by atoms with Gasteiger partial charge in [0.2, 0.25) is 18.5 Å². The largest absolute Gasteiger partial charge is 0.510 e. The second-order valence-corrected chi connectivity index (χ2v) is 11.9. The molecule has 1 aromatic rings. The lowest BCUT2D eigenvalue weighted by molar-refractivity contribution is -0.287. The molecule has 6 N–H and O–H groups in total. The fourth-order valence-corrected chi connectivity index (χ4v) is 5.48. The Morgan fingerprint density at radius 1 is 1.20 bits per heavy atom. The van der Waals surface area contributed by atoms with Gasteiger partial charge in [0.15, 0.2) is 41.7 Å². The lowest BCUT2D eigenvalue weighted by Crippen LogP contribution is -2.60. The van der Waals surface area contributed by atoms with Crippen molar-refractivity contribution in [2.24, 2.45) is 5.73 Å². The number of carbonyl (C=O) groups excluding carboxylic acids is 4. The van der Waals surface area contributed by atoms with Gasteiger partial charge in [0.1, 0.15) is 24.4 Å². The lowest BCUT2D eigenvalue weighted by atomic mass is 10.0. The second-order valence-electron chi connectivity index (χ2n) is 11.9. The first-order chi connectivity index (χ1) is 23.9. The number of primary amides is 1.